The monoisotopic (exact) mass is 330 g/mol. The van der Waals surface area contributed by atoms with Crippen LogP contribution in [-0.4, -0.2) is 16.6 Å². The maximum Gasteiger partial charge on any atom is 0.115 e. The van der Waals surface area contributed by atoms with Gasteiger partial charge in [0.05, 0.1) is 0 Å². The highest BCUT2D eigenvalue weighted by atomic mass is 16.3. The molecule has 0 unspecified atom stereocenters. The van der Waals surface area contributed by atoms with E-state index in [2.05, 4.69) is 47.2 Å². The predicted molar refractivity (Wildman–Crippen MR) is 102 cm³/mol. The first kappa shape index (κ1) is 16.8. The van der Waals surface area contributed by atoms with E-state index in [9.17, 15) is 5.11 Å². The van der Waals surface area contributed by atoms with Crippen molar-refractivity contribution in [1.82, 2.24) is 10.3 Å². The fraction of sp³-hybridized carbons (Fsp3) is 0.136. The molecule has 0 aliphatic rings. The highest BCUT2D eigenvalue weighted by Crippen LogP contribution is 2.23. The summed E-state index contributed by atoms with van der Waals surface area (Å²) in [5, 5.41) is 12.9. The zero-order valence-electron chi connectivity index (χ0n) is 14.2. The van der Waals surface area contributed by atoms with Crippen LogP contribution < -0.4 is 5.32 Å². The van der Waals surface area contributed by atoms with Gasteiger partial charge in [0.15, 0.2) is 0 Å². The molecule has 3 aromatic rings. The van der Waals surface area contributed by atoms with Crippen molar-refractivity contribution in [2.75, 3.05) is 6.54 Å². The van der Waals surface area contributed by atoms with Gasteiger partial charge in [-0.25, -0.2) is 0 Å². The van der Waals surface area contributed by atoms with E-state index in [-0.39, 0.29) is 0 Å². The van der Waals surface area contributed by atoms with E-state index in [1.165, 1.54) is 16.7 Å². The van der Waals surface area contributed by atoms with Gasteiger partial charge in [0.2, 0.25) is 0 Å². The van der Waals surface area contributed by atoms with Crippen LogP contribution in [0.5, 0.6) is 5.75 Å². The smallest absolute Gasteiger partial charge is 0.115 e. The van der Waals surface area contributed by atoms with Crippen LogP contribution in [0.25, 0.3) is 11.1 Å². The van der Waals surface area contributed by atoms with Crippen molar-refractivity contribution in [3.8, 4) is 16.9 Å². The third kappa shape index (κ3) is 4.48. The second-order valence-corrected chi connectivity index (χ2v) is 5.98. The Hall–Kier alpha value is -3.07. The summed E-state index contributed by atoms with van der Waals surface area (Å²) in [6, 6.07) is 18.2. The number of nitrogens with one attached hydrogen (secondary N) is 1. The maximum absolute atomic E-state index is 9.81. The molecule has 1 aromatic heterocycles. The normalized spacial score (nSPS) is 10.4. The fourth-order valence-electron chi connectivity index (χ4n) is 2.94. The van der Waals surface area contributed by atoms with Crippen LogP contribution in [0.15, 0.2) is 79.8 Å². The first-order valence-electron chi connectivity index (χ1n) is 8.40. The maximum atomic E-state index is 9.81. The van der Waals surface area contributed by atoms with E-state index in [1.807, 2.05) is 24.4 Å². The fourth-order valence-corrected chi connectivity index (χ4v) is 2.94. The highest BCUT2D eigenvalue weighted by molar-refractivity contribution is 5.63. The molecule has 0 atom stereocenters. The van der Waals surface area contributed by atoms with Crippen molar-refractivity contribution >= 4 is 0 Å². The van der Waals surface area contributed by atoms with Gasteiger partial charge in [-0.05, 0) is 65.1 Å². The number of hydrogen-bond donors (Lipinski definition) is 2. The number of benzene rings is 2. The summed E-state index contributed by atoms with van der Waals surface area (Å²) in [6.45, 7) is 4.47. The van der Waals surface area contributed by atoms with Crippen molar-refractivity contribution in [3.63, 3.8) is 0 Å². The lowest BCUT2D eigenvalue weighted by Gasteiger charge is -2.12. The van der Waals surface area contributed by atoms with E-state index >= 15 is 0 Å². The first-order chi connectivity index (χ1) is 12.3. The summed E-state index contributed by atoms with van der Waals surface area (Å²) < 4.78 is 0. The molecule has 2 aromatic carbocycles. The SMILES string of the molecule is C=CNCCc1cc(O)ccc1Cc1cccc(-c2cccnc2)c1. The Morgan fingerprint density at radius 3 is 2.68 bits per heavy atom. The zero-order chi connectivity index (χ0) is 17.5. The van der Waals surface area contributed by atoms with Gasteiger partial charge in [-0.2, -0.15) is 0 Å². The minimum atomic E-state index is 0.307. The Bertz CT molecular complexity index is 844. The minimum absolute atomic E-state index is 0.307. The number of aromatic nitrogens is 1. The Kier molecular flexibility index (Phi) is 5.47. The van der Waals surface area contributed by atoms with Crippen molar-refractivity contribution in [3.05, 3.63) is 96.5 Å². The number of hydrogen-bond acceptors (Lipinski definition) is 3. The Morgan fingerprint density at radius 2 is 1.88 bits per heavy atom. The molecule has 126 valence electrons. The Morgan fingerprint density at radius 1 is 1.00 bits per heavy atom. The standard InChI is InChI=1S/C22H22N2O/c1-2-23-12-10-20-15-22(25)9-8-19(20)14-17-5-3-6-18(13-17)21-7-4-11-24-16-21/h2-9,11,13,15-16,23,25H,1,10,12,14H2. The predicted octanol–water partition coefficient (Wildman–Crippen LogP) is 4.32. The second-order valence-electron chi connectivity index (χ2n) is 5.98. The molecule has 0 amide bonds. The molecular formula is C22H22N2O. The van der Waals surface area contributed by atoms with Crippen LogP contribution >= 0.6 is 0 Å². The molecule has 3 nitrogen and oxygen atoms in total. The van der Waals surface area contributed by atoms with Crippen LogP contribution in [0.3, 0.4) is 0 Å². The summed E-state index contributed by atoms with van der Waals surface area (Å²) in [6.07, 6.45) is 7.04. The van der Waals surface area contributed by atoms with E-state index in [1.54, 1.807) is 18.5 Å². The minimum Gasteiger partial charge on any atom is -0.508 e. The third-order valence-corrected chi connectivity index (χ3v) is 4.19. The number of pyridine rings is 1. The van der Waals surface area contributed by atoms with Crippen LogP contribution in [0.4, 0.5) is 0 Å². The van der Waals surface area contributed by atoms with Gasteiger partial charge in [-0.1, -0.05) is 43.0 Å². The van der Waals surface area contributed by atoms with Crippen LogP contribution in [0.2, 0.25) is 0 Å². The lowest BCUT2D eigenvalue weighted by Crippen LogP contribution is -2.10. The summed E-state index contributed by atoms with van der Waals surface area (Å²) in [5.41, 5.74) is 5.91. The molecule has 0 saturated heterocycles. The Labute approximate surface area is 148 Å². The Balaban J connectivity index is 1.84. The van der Waals surface area contributed by atoms with Crippen molar-refractivity contribution in [2.45, 2.75) is 12.8 Å². The van der Waals surface area contributed by atoms with Gasteiger partial charge in [0.25, 0.3) is 0 Å². The lowest BCUT2D eigenvalue weighted by molar-refractivity contribution is 0.474. The van der Waals surface area contributed by atoms with Crippen LogP contribution in [0, 0.1) is 0 Å². The molecule has 0 aliphatic heterocycles. The van der Waals surface area contributed by atoms with Gasteiger partial charge in [-0.3, -0.25) is 4.98 Å². The van der Waals surface area contributed by atoms with Gasteiger partial charge < -0.3 is 10.4 Å². The average Bonchev–Trinajstić information content (AvgIpc) is 2.65. The molecule has 1 heterocycles. The molecule has 25 heavy (non-hydrogen) atoms. The molecule has 0 aliphatic carbocycles. The number of rotatable bonds is 7. The second kappa shape index (κ2) is 8.15. The van der Waals surface area contributed by atoms with E-state index in [0.717, 1.165) is 30.5 Å². The van der Waals surface area contributed by atoms with E-state index in [4.69, 9.17) is 0 Å². The largest absolute Gasteiger partial charge is 0.508 e. The molecule has 0 saturated carbocycles. The number of phenolic OH excluding ortho intramolecular Hbond substituents is 1. The zero-order valence-corrected chi connectivity index (χ0v) is 14.2. The van der Waals surface area contributed by atoms with E-state index < -0.39 is 0 Å². The molecular weight excluding hydrogens is 308 g/mol. The van der Waals surface area contributed by atoms with Crippen molar-refractivity contribution in [1.29, 1.82) is 0 Å². The lowest BCUT2D eigenvalue weighted by atomic mass is 9.95. The topological polar surface area (TPSA) is 45.1 Å². The molecule has 0 radical (unpaired) electrons. The third-order valence-electron chi connectivity index (χ3n) is 4.19. The number of phenols is 1. The van der Waals surface area contributed by atoms with Gasteiger partial charge >= 0.3 is 0 Å². The quantitative estimate of drug-likeness (QED) is 0.634. The molecule has 2 N–H and O–H groups in total. The average molecular weight is 330 g/mol. The summed E-state index contributed by atoms with van der Waals surface area (Å²) in [5.74, 6) is 0.307. The van der Waals surface area contributed by atoms with Crippen molar-refractivity contribution in [2.24, 2.45) is 0 Å². The molecule has 3 heteroatoms. The van der Waals surface area contributed by atoms with Gasteiger partial charge in [0.1, 0.15) is 5.75 Å². The highest BCUT2D eigenvalue weighted by Gasteiger charge is 2.06. The molecule has 0 spiro atoms. The summed E-state index contributed by atoms with van der Waals surface area (Å²) in [7, 11) is 0. The number of nitrogens with zero attached hydrogens (tertiary/aromatic N) is 1. The number of aromatic hydroxyl groups is 1. The molecule has 3 rings (SSSR count). The molecule has 0 bridgehead atoms. The molecule has 0 fully saturated rings. The van der Waals surface area contributed by atoms with Crippen LogP contribution in [0.1, 0.15) is 16.7 Å². The summed E-state index contributed by atoms with van der Waals surface area (Å²) in [4.78, 5) is 4.20. The van der Waals surface area contributed by atoms with E-state index in [0.29, 0.717) is 5.75 Å². The van der Waals surface area contributed by atoms with Crippen LogP contribution in [-0.2, 0) is 12.8 Å². The van der Waals surface area contributed by atoms with Gasteiger partial charge in [0, 0.05) is 18.9 Å². The first-order valence-corrected chi connectivity index (χ1v) is 8.40. The summed E-state index contributed by atoms with van der Waals surface area (Å²) >= 11 is 0. The van der Waals surface area contributed by atoms with Gasteiger partial charge in [-0.15, -0.1) is 0 Å². The van der Waals surface area contributed by atoms with Crippen molar-refractivity contribution < 1.29 is 5.11 Å².